The van der Waals surface area contributed by atoms with Crippen LogP contribution in [0.1, 0.15) is 15.9 Å². The van der Waals surface area contributed by atoms with Crippen LogP contribution in [0.15, 0.2) is 42.5 Å². The van der Waals surface area contributed by atoms with Crippen molar-refractivity contribution in [1.29, 1.82) is 0 Å². The van der Waals surface area contributed by atoms with Crippen LogP contribution in [0.3, 0.4) is 0 Å². The third-order valence-corrected chi connectivity index (χ3v) is 8.60. The van der Waals surface area contributed by atoms with Crippen LogP contribution in [0.4, 0.5) is 5.69 Å². The van der Waals surface area contributed by atoms with Crippen LogP contribution < -0.4 is 10.1 Å². The molecule has 10 heteroatoms. The summed E-state index contributed by atoms with van der Waals surface area (Å²) in [5.41, 5.74) is 0.898. The van der Waals surface area contributed by atoms with Gasteiger partial charge < -0.3 is 10.1 Å². The van der Waals surface area contributed by atoms with Crippen LogP contribution in [0.5, 0.6) is 11.5 Å². The van der Waals surface area contributed by atoms with Gasteiger partial charge in [-0.1, -0.05) is 18.2 Å². The number of benzene rings is 2. The second-order valence-electron chi connectivity index (χ2n) is 7.28. The molecule has 4 rings (SSSR count). The highest BCUT2D eigenvalue weighted by atomic mass is 31.2. The fourth-order valence-electron chi connectivity index (χ4n) is 3.39. The maximum atomic E-state index is 13.3. The van der Waals surface area contributed by atoms with E-state index < -0.39 is 12.4 Å². The third kappa shape index (κ3) is 4.23. The molecule has 1 N–H and O–H groups in total. The van der Waals surface area contributed by atoms with E-state index in [1.54, 1.807) is 36.4 Å². The van der Waals surface area contributed by atoms with Gasteiger partial charge in [-0.15, -0.1) is 0 Å². The molecule has 2 heterocycles. The predicted octanol–water partition coefficient (Wildman–Crippen LogP) is 3.11. The Morgan fingerprint density at radius 3 is 2.40 bits per heavy atom. The third-order valence-electron chi connectivity index (χ3n) is 5.22. The molecular weight excluding hydrogens is 407 g/mol. The van der Waals surface area contributed by atoms with Gasteiger partial charge in [0.05, 0.1) is 10.5 Å². The number of ether oxygens (including phenoxy) is 1. The van der Waals surface area contributed by atoms with E-state index in [0.717, 1.165) is 31.7 Å². The summed E-state index contributed by atoms with van der Waals surface area (Å²) in [5, 5.41) is 14.0. The van der Waals surface area contributed by atoms with Crippen molar-refractivity contribution in [2.24, 2.45) is 0 Å². The summed E-state index contributed by atoms with van der Waals surface area (Å²) in [6.45, 7) is 3.44. The molecule has 1 amide bonds. The second kappa shape index (κ2) is 8.18. The second-order valence-corrected chi connectivity index (χ2v) is 10.2. The highest BCUT2D eigenvalue weighted by Crippen LogP contribution is 2.60. The highest BCUT2D eigenvalue weighted by molar-refractivity contribution is 7.59. The van der Waals surface area contributed by atoms with Gasteiger partial charge in [0.1, 0.15) is 5.75 Å². The molecule has 0 bridgehead atoms. The topological polar surface area (TPSA) is 105 Å². The first-order valence-electron chi connectivity index (χ1n) is 9.78. The molecule has 2 fully saturated rings. The summed E-state index contributed by atoms with van der Waals surface area (Å²) in [6.07, 6.45) is 1.02. The van der Waals surface area contributed by atoms with Crippen LogP contribution in [0.25, 0.3) is 0 Å². The standard InChI is InChI=1S/C20H23N4O5P/c1-21-20(25)16-4-2-3-5-18(16)29-19-14-15(6-7-17(19)24(26)27)8-13-30(28,22-9-10-22)23-11-12-23/h2-7,14H,8-13H2,1H3,(H,21,25). The lowest BCUT2D eigenvalue weighted by Gasteiger charge is -2.20. The first kappa shape index (κ1) is 20.5. The largest absolute Gasteiger partial charge is 0.449 e. The molecule has 0 radical (unpaired) electrons. The van der Waals surface area contributed by atoms with Gasteiger partial charge >= 0.3 is 5.69 Å². The minimum absolute atomic E-state index is 0.0575. The minimum atomic E-state index is -2.51. The van der Waals surface area contributed by atoms with Gasteiger partial charge in [0.15, 0.2) is 0 Å². The number of nitro groups is 1. The van der Waals surface area contributed by atoms with Crippen LogP contribution in [0.2, 0.25) is 0 Å². The normalized spacial score (nSPS) is 16.2. The van der Waals surface area contributed by atoms with Crippen LogP contribution in [-0.4, -0.2) is 59.6 Å². The van der Waals surface area contributed by atoms with Crippen molar-refractivity contribution >= 4 is 19.0 Å². The summed E-state index contributed by atoms with van der Waals surface area (Å²) in [7, 11) is -0.999. The lowest BCUT2D eigenvalue weighted by atomic mass is 10.1. The van der Waals surface area contributed by atoms with Crippen molar-refractivity contribution in [3.63, 3.8) is 0 Å². The van der Waals surface area contributed by atoms with Gasteiger partial charge in [0.2, 0.25) is 13.2 Å². The van der Waals surface area contributed by atoms with Gasteiger partial charge in [0, 0.05) is 45.5 Å². The lowest BCUT2D eigenvalue weighted by Crippen LogP contribution is -2.18. The highest BCUT2D eigenvalue weighted by Gasteiger charge is 2.46. The van der Waals surface area contributed by atoms with Gasteiger partial charge in [-0.25, -0.2) is 9.34 Å². The maximum Gasteiger partial charge on any atom is 0.311 e. The number of nitrogens with one attached hydrogen (secondary N) is 1. The number of carbonyl (C=O) groups excluding carboxylic acids is 1. The van der Waals surface area contributed by atoms with Crippen molar-refractivity contribution in [2.75, 3.05) is 39.4 Å². The maximum absolute atomic E-state index is 13.3. The monoisotopic (exact) mass is 430 g/mol. The number of amides is 1. The molecule has 0 spiro atoms. The van der Waals surface area contributed by atoms with Crippen molar-refractivity contribution in [2.45, 2.75) is 6.42 Å². The molecule has 2 aliphatic rings. The quantitative estimate of drug-likeness (QED) is 0.282. The Balaban J connectivity index is 1.59. The smallest absolute Gasteiger partial charge is 0.311 e. The molecule has 0 saturated carbocycles. The number of rotatable bonds is 9. The molecule has 2 saturated heterocycles. The van der Waals surface area contributed by atoms with Crippen molar-refractivity contribution in [3.05, 3.63) is 63.7 Å². The van der Waals surface area contributed by atoms with Crippen LogP contribution >= 0.6 is 7.44 Å². The van der Waals surface area contributed by atoms with Crippen LogP contribution in [0, 0.1) is 10.1 Å². The van der Waals surface area contributed by atoms with Crippen LogP contribution in [-0.2, 0) is 11.0 Å². The first-order valence-corrected chi connectivity index (χ1v) is 11.6. The van der Waals surface area contributed by atoms with E-state index in [2.05, 4.69) is 5.32 Å². The van der Waals surface area contributed by atoms with Crippen molar-refractivity contribution in [1.82, 2.24) is 14.7 Å². The SMILES string of the molecule is CNC(=O)c1ccccc1Oc1cc(CCP(=O)(N2CC2)N2CC2)ccc1[N+](=O)[O-]. The number of nitrogens with zero attached hydrogens (tertiary/aromatic N) is 3. The minimum Gasteiger partial charge on any atom is -0.449 e. The Kier molecular flexibility index (Phi) is 5.60. The van der Waals surface area contributed by atoms with Gasteiger partial charge in [0.25, 0.3) is 5.91 Å². The van der Waals surface area contributed by atoms with E-state index in [9.17, 15) is 19.5 Å². The number of hydrogen-bond donors (Lipinski definition) is 1. The molecule has 0 atom stereocenters. The van der Waals surface area contributed by atoms with E-state index in [4.69, 9.17) is 4.74 Å². The Bertz CT molecular complexity index is 1020. The summed E-state index contributed by atoms with van der Waals surface area (Å²) in [6, 6.07) is 11.2. The Morgan fingerprint density at radius 2 is 1.80 bits per heavy atom. The zero-order valence-corrected chi connectivity index (χ0v) is 17.5. The van der Waals surface area contributed by atoms with Crippen molar-refractivity contribution in [3.8, 4) is 11.5 Å². The molecule has 0 aliphatic carbocycles. The van der Waals surface area contributed by atoms with Gasteiger partial charge in [-0.3, -0.25) is 19.5 Å². The summed E-state index contributed by atoms with van der Waals surface area (Å²) >= 11 is 0. The number of para-hydroxylation sites is 1. The first-order chi connectivity index (χ1) is 14.4. The van der Waals surface area contributed by atoms with Gasteiger partial charge in [-0.2, -0.15) is 0 Å². The number of carbonyl (C=O) groups is 1. The Labute approximate surface area is 174 Å². The number of hydrogen-bond acceptors (Lipinski definition) is 5. The Morgan fingerprint density at radius 1 is 1.13 bits per heavy atom. The fraction of sp³-hybridized carbons (Fsp3) is 0.350. The summed E-state index contributed by atoms with van der Waals surface area (Å²) in [4.78, 5) is 23.1. The van der Waals surface area contributed by atoms with Crippen molar-refractivity contribution < 1.29 is 19.0 Å². The van der Waals surface area contributed by atoms with E-state index >= 15 is 0 Å². The average Bonchev–Trinajstić information content (AvgIpc) is 3.64. The van der Waals surface area contributed by atoms with E-state index in [1.807, 2.05) is 9.34 Å². The number of aryl methyl sites for hydroxylation is 1. The van der Waals surface area contributed by atoms with E-state index in [1.165, 1.54) is 13.1 Å². The lowest BCUT2D eigenvalue weighted by molar-refractivity contribution is -0.385. The summed E-state index contributed by atoms with van der Waals surface area (Å²) in [5.74, 6) is -0.0552. The van der Waals surface area contributed by atoms with E-state index in [-0.39, 0.29) is 28.7 Å². The molecule has 0 unspecified atom stereocenters. The molecule has 0 aromatic heterocycles. The summed E-state index contributed by atoms with van der Waals surface area (Å²) < 4.78 is 23.1. The predicted molar refractivity (Wildman–Crippen MR) is 112 cm³/mol. The molecule has 2 aliphatic heterocycles. The van der Waals surface area contributed by atoms with Gasteiger partial charge in [-0.05, 0) is 30.2 Å². The molecule has 9 nitrogen and oxygen atoms in total. The molecule has 2 aromatic rings. The molecule has 2 aromatic carbocycles. The molecule has 158 valence electrons. The zero-order valence-electron chi connectivity index (χ0n) is 16.6. The molecule has 30 heavy (non-hydrogen) atoms. The molecular formula is C20H23N4O5P. The van der Waals surface area contributed by atoms with E-state index in [0.29, 0.717) is 12.6 Å². The number of nitro benzene ring substituents is 1. The zero-order chi connectivity index (χ0) is 21.3. The average molecular weight is 430 g/mol. The fourth-order valence-corrected chi connectivity index (χ4v) is 6.30. The Hall–Kier alpha value is -2.74.